The van der Waals surface area contributed by atoms with E-state index in [2.05, 4.69) is 0 Å². The Labute approximate surface area is 140 Å². The van der Waals surface area contributed by atoms with Gasteiger partial charge in [0.15, 0.2) is 0 Å². The summed E-state index contributed by atoms with van der Waals surface area (Å²) in [7, 11) is 3.15. The predicted molar refractivity (Wildman–Crippen MR) is 86.7 cm³/mol. The number of urea groups is 1. The first-order chi connectivity index (χ1) is 11.5. The summed E-state index contributed by atoms with van der Waals surface area (Å²) in [5.41, 5.74) is 6.53. The predicted octanol–water partition coefficient (Wildman–Crippen LogP) is 0.528. The molecule has 1 aromatic rings. The first kappa shape index (κ1) is 18.0. The zero-order valence-corrected chi connectivity index (χ0v) is 13.9. The number of primary amides is 1. The molecule has 132 valence electrons. The second-order valence-corrected chi connectivity index (χ2v) is 5.63. The third-order valence-corrected chi connectivity index (χ3v) is 4.00. The minimum Gasteiger partial charge on any atom is -0.496 e. The number of hydrogen-bond donors (Lipinski definition) is 3. The average Bonchev–Trinajstić information content (AvgIpc) is 2.53. The number of nitrogens with one attached hydrogen (secondary N) is 1. The van der Waals surface area contributed by atoms with Crippen LogP contribution in [0.1, 0.15) is 30.1 Å². The molecule has 4 N–H and O–H groups in total. The van der Waals surface area contributed by atoms with E-state index in [9.17, 15) is 14.7 Å². The Hall–Kier alpha value is -2.32. The maximum absolute atomic E-state index is 11.4. The van der Waals surface area contributed by atoms with Crippen LogP contribution in [0, 0.1) is 0 Å². The smallest absolute Gasteiger partial charge is 0.318 e. The zero-order chi connectivity index (χ0) is 17.7. The number of ether oxygens (including phenoxy) is 2. The van der Waals surface area contributed by atoms with E-state index in [-0.39, 0.29) is 6.42 Å². The molecule has 1 aliphatic rings. The Balaban J connectivity index is 2.03. The molecule has 3 amide bonds. The van der Waals surface area contributed by atoms with Gasteiger partial charge in [-0.2, -0.15) is 0 Å². The van der Waals surface area contributed by atoms with Crippen LogP contribution in [-0.4, -0.2) is 49.3 Å². The molecule has 24 heavy (non-hydrogen) atoms. The Morgan fingerprint density at radius 1 is 1.33 bits per heavy atom. The van der Waals surface area contributed by atoms with Gasteiger partial charge in [-0.1, -0.05) is 0 Å². The molecule has 0 radical (unpaired) electrons. The Kier molecular flexibility index (Phi) is 5.99. The fourth-order valence-electron chi connectivity index (χ4n) is 2.98. The van der Waals surface area contributed by atoms with Crippen molar-refractivity contribution in [3.63, 3.8) is 0 Å². The Bertz CT molecular complexity index is 620. The van der Waals surface area contributed by atoms with Crippen molar-refractivity contribution in [3.05, 3.63) is 23.3 Å². The highest BCUT2D eigenvalue weighted by atomic mass is 16.5. The molecular weight excluding hydrogens is 314 g/mol. The van der Waals surface area contributed by atoms with Crippen LogP contribution >= 0.6 is 0 Å². The second-order valence-electron chi connectivity index (χ2n) is 5.63. The van der Waals surface area contributed by atoms with Crippen molar-refractivity contribution in [1.82, 2.24) is 10.2 Å². The number of aliphatic hydroxyl groups excluding tert-OH is 1. The number of fused-ring (bicyclic) bond motifs is 1. The van der Waals surface area contributed by atoms with E-state index < -0.39 is 18.0 Å². The molecule has 0 aliphatic carbocycles. The summed E-state index contributed by atoms with van der Waals surface area (Å²) < 4.78 is 10.7. The van der Waals surface area contributed by atoms with Gasteiger partial charge in [-0.05, 0) is 25.1 Å². The van der Waals surface area contributed by atoms with Gasteiger partial charge in [0.1, 0.15) is 11.5 Å². The molecule has 8 nitrogen and oxygen atoms in total. The summed E-state index contributed by atoms with van der Waals surface area (Å²) >= 11 is 0. The minimum atomic E-state index is -0.848. The topological polar surface area (TPSA) is 114 Å². The van der Waals surface area contributed by atoms with Crippen molar-refractivity contribution >= 4 is 11.9 Å². The number of imide groups is 1. The van der Waals surface area contributed by atoms with Gasteiger partial charge in [-0.25, -0.2) is 4.79 Å². The normalized spacial score (nSPS) is 17.0. The van der Waals surface area contributed by atoms with Crippen molar-refractivity contribution in [2.45, 2.75) is 25.5 Å². The highest BCUT2D eigenvalue weighted by Crippen LogP contribution is 2.39. The molecule has 2 rings (SSSR count). The van der Waals surface area contributed by atoms with Crippen molar-refractivity contribution in [3.8, 4) is 11.5 Å². The zero-order valence-electron chi connectivity index (χ0n) is 13.9. The first-order valence-electron chi connectivity index (χ1n) is 7.69. The number of carbonyl (C=O) groups excluding carboxylic acids is 2. The summed E-state index contributed by atoms with van der Waals surface area (Å²) in [5.74, 6) is 0.930. The number of methoxy groups -OCH3 is 2. The van der Waals surface area contributed by atoms with E-state index in [1.54, 1.807) is 20.3 Å². The van der Waals surface area contributed by atoms with Crippen molar-refractivity contribution in [2.75, 3.05) is 27.3 Å². The maximum atomic E-state index is 11.4. The third kappa shape index (κ3) is 4.15. The van der Waals surface area contributed by atoms with Crippen LogP contribution in [0.5, 0.6) is 11.5 Å². The lowest BCUT2D eigenvalue weighted by atomic mass is 9.95. The van der Waals surface area contributed by atoms with E-state index in [4.69, 9.17) is 15.2 Å². The van der Waals surface area contributed by atoms with E-state index in [0.717, 1.165) is 11.1 Å². The molecule has 1 atom stereocenters. The molecule has 8 heteroatoms. The van der Waals surface area contributed by atoms with Crippen LogP contribution in [0.4, 0.5) is 4.79 Å². The van der Waals surface area contributed by atoms with Crippen LogP contribution < -0.4 is 20.5 Å². The monoisotopic (exact) mass is 337 g/mol. The lowest BCUT2D eigenvalue weighted by Crippen LogP contribution is -2.37. The largest absolute Gasteiger partial charge is 0.496 e. The molecule has 1 aromatic carbocycles. The minimum absolute atomic E-state index is 0.192. The van der Waals surface area contributed by atoms with Gasteiger partial charge < -0.3 is 20.3 Å². The van der Waals surface area contributed by atoms with Gasteiger partial charge in [0.05, 0.1) is 20.3 Å². The number of nitrogens with zero attached hydrogens (tertiary/aromatic N) is 1. The SMILES string of the molecule is COc1ccc(OC)c2c1CN(CCCC(=O)NC(N)=O)C[C@H]2O. The average molecular weight is 337 g/mol. The number of hydrogen-bond acceptors (Lipinski definition) is 6. The molecule has 0 saturated heterocycles. The number of nitrogens with two attached hydrogens (primary N) is 1. The first-order valence-corrected chi connectivity index (χ1v) is 7.69. The van der Waals surface area contributed by atoms with Gasteiger partial charge >= 0.3 is 6.03 Å². The number of β-amino-alcohol motifs (C(OH)–C–C–N with tert-alkyl or cyclic N) is 1. The van der Waals surface area contributed by atoms with Crippen LogP contribution in [-0.2, 0) is 11.3 Å². The lowest BCUT2D eigenvalue weighted by molar-refractivity contribution is -0.120. The summed E-state index contributed by atoms with van der Waals surface area (Å²) in [6.07, 6.45) is 0.0451. The summed E-state index contributed by atoms with van der Waals surface area (Å²) in [6, 6.07) is 2.75. The molecule has 1 heterocycles. The standard InChI is InChI=1S/C16H23N3O5/c1-23-12-5-6-13(24-2)15-10(12)8-19(9-11(15)20)7-3-4-14(21)18-16(17)22/h5-6,11,20H,3-4,7-9H2,1-2H3,(H3,17,18,21,22)/t11-/m1/s1. The summed E-state index contributed by atoms with van der Waals surface area (Å²) in [5, 5.41) is 12.5. The summed E-state index contributed by atoms with van der Waals surface area (Å²) in [6.45, 7) is 1.63. The van der Waals surface area contributed by atoms with Crippen molar-refractivity contribution in [2.24, 2.45) is 5.73 Å². The van der Waals surface area contributed by atoms with Gasteiger partial charge in [0, 0.05) is 30.6 Å². The van der Waals surface area contributed by atoms with Crippen molar-refractivity contribution in [1.29, 1.82) is 0 Å². The maximum Gasteiger partial charge on any atom is 0.318 e. The van der Waals surface area contributed by atoms with E-state index in [0.29, 0.717) is 37.6 Å². The van der Waals surface area contributed by atoms with E-state index >= 15 is 0 Å². The molecular formula is C16H23N3O5. The number of benzene rings is 1. The van der Waals surface area contributed by atoms with Crippen LogP contribution in [0.15, 0.2) is 12.1 Å². The van der Waals surface area contributed by atoms with Gasteiger partial charge in [-0.3, -0.25) is 15.0 Å². The van der Waals surface area contributed by atoms with Crippen LogP contribution in [0.2, 0.25) is 0 Å². The van der Waals surface area contributed by atoms with Crippen molar-refractivity contribution < 1.29 is 24.2 Å². The van der Waals surface area contributed by atoms with E-state index in [1.807, 2.05) is 16.3 Å². The fraction of sp³-hybridized carbons (Fsp3) is 0.500. The highest BCUT2D eigenvalue weighted by Gasteiger charge is 2.29. The van der Waals surface area contributed by atoms with Gasteiger partial charge in [0.2, 0.25) is 5.91 Å². The third-order valence-electron chi connectivity index (χ3n) is 4.00. The highest BCUT2D eigenvalue weighted by molar-refractivity contribution is 5.93. The van der Waals surface area contributed by atoms with Gasteiger partial charge in [-0.15, -0.1) is 0 Å². The molecule has 0 saturated carbocycles. The Morgan fingerprint density at radius 2 is 2.00 bits per heavy atom. The fourth-order valence-corrected chi connectivity index (χ4v) is 2.98. The lowest BCUT2D eigenvalue weighted by Gasteiger charge is -2.33. The molecule has 0 unspecified atom stereocenters. The van der Waals surface area contributed by atoms with E-state index in [1.165, 1.54) is 0 Å². The molecule has 1 aliphatic heterocycles. The number of carbonyl (C=O) groups is 2. The van der Waals surface area contributed by atoms with Crippen LogP contribution in [0.25, 0.3) is 0 Å². The Morgan fingerprint density at radius 3 is 2.62 bits per heavy atom. The second kappa shape index (κ2) is 7.98. The number of amides is 3. The number of aliphatic hydroxyl groups is 1. The number of rotatable bonds is 6. The molecule has 0 aromatic heterocycles. The molecule has 0 fully saturated rings. The van der Waals surface area contributed by atoms with Gasteiger partial charge in [0.25, 0.3) is 0 Å². The van der Waals surface area contributed by atoms with Crippen LogP contribution in [0.3, 0.4) is 0 Å². The summed E-state index contributed by atoms with van der Waals surface area (Å²) in [4.78, 5) is 24.1. The molecule has 0 bridgehead atoms. The quantitative estimate of drug-likeness (QED) is 0.697. The molecule has 0 spiro atoms.